The van der Waals surface area contributed by atoms with Crippen LogP contribution in [0.5, 0.6) is 0 Å². The largest absolute Gasteiger partial charge is 0.255 e. The van der Waals surface area contributed by atoms with Crippen molar-refractivity contribution >= 4 is 21.4 Å². The summed E-state index contributed by atoms with van der Waals surface area (Å²) in [6, 6.07) is 28.3. The summed E-state index contributed by atoms with van der Waals surface area (Å²) in [5.41, 5.74) is 9.91. The van der Waals surface area contributed by atoms with Crippen LogP contribution in [0.25, 0.3) is 42.9 Å². The number of hydrogen-bond donors (Lipinski definition) is 0. The van der Waals surface area contributed by atoms with Gasteiger partial charge in [0.2, 0.25) is 0 Å². The lowest BCUT2D eigenvalue weighted by atomic mass is 10.0. The van der Waals surface area contributed by atoms with Crippen molar-refractivity contribution in [3.8, 4) is 32.8 Å². The van der Waals surface area contributed by atoms with Crippen LogP contribution in [0.15, 0.2) is 85.1 Å². The van der Waals surface area contributed by atoms with Crippen molar-refractivity contribution in [1.82, 2.24) is 4.98 Å². The van der Waals surface area contributed by atoms with Crippen LogP contribution in [-0.4, -0.2) is 4.98 Å². The Hall–Kier alpha value is -3.23. The van der Waals surface area contributed by atoms with Crippen molar-refractivity contribution in [2.24, 2.45) is 0 Å². The van der Waals surface area contributed by atoms with Crippen molar-refractivity contribution < 1.29 is 0 Å². The molecule has 0 radical (unpaired) electrons. The van der Waals surface area contributed by atoms with E-state index in [-0.39, 0.29) is 0 Å². The van der Waals surface area contributed by atoms with Crippen molar-refractivity contribution in [3.63, 3.8) is 0 Å². The Labute approximate surface area is 181 Å². The molecule has 2 aromatic heterocycles. The fraction of sp³-hybridized carbons (Fsp3) is 0.107. The number of fused-ring (bicyclic) bond motifs is 1. The van der Waals surface area contributed by atoms with Gasteiger partial charge in [0.1, 0.15) is 0 Å². The van der Waals surface area contributed by atoms with Crippen LogP contribution in [0.2, 0.25) is 0 Å². The van der Waals surface area contributed by atoms with Crippen LogP contribution in [0.4, 0.5) is 0 Å². The van der Waals surface area contributed by atoms with E-state index in [2.05, 4.69) is 99.6 Å². The molecule has 0 spiro atoms. The summed E-state index contributed by atoms with van der Waals surface area (Å²) in [7, 11) is 0. The van der Waals surface area contributed by atoms with Gasteiger partial charge >= 0.3 is 0 Å². The molecule has 0 saturated heterocycles. The predicted octanol–water partition coefficient (Wildman–Crippen LogP) is 8.22. The van der Waals surface area contributed by atoms with E-state index in [1.54, 1.807) is 0 Å². The van der Waals surface area contributed by atoms with Crippen molar-refractivity contribution in [2.75, 3.05) is 0 Å². The van der Waals surface area contributed by atoms with Gasteiger partial charge in [-0.05, 0) is 66.6 Å². The first-order chi connectivity index (χ1) is 14.6. The Bertz CT molecular complexity index is 1330. The molecule has 2 heterocycles. The SMILES string of the molecule is Cc1cc(C)cc(-c2nccc3c(C)c(-c4ccc(-c5ccccc5)cc4)sc23)c1. The van der Waals surface area contributed by atoms with Crippen molar-refractivity contribution in [2.45, 2.75) is 20.8 Å². The lowest BCUT2D eigenvalue weighted by molar-refractivity contribution is 1.33. The second-order valence-corrected chi connectivity index (χ2v) is 8.93. The van der Waals surface area contributed by atoms with Gasteiger partial charge < -0.3 is 0 Å². The minimum Gasteiger partial charge on any atom is -0.255 e. The van der Waals surface area contributed by atoms with Gasteiger partial charge in [-0.1, -0.05) is 71.8 Å². The summed E-state index contributed by atoms with van der Waals surface area (Å²) in [5, 5.41) is 1.30. The highest BCUT2D eigenvalue weighted by atomic mass is 32.1. The molecule has 0 N–H and O–H groups in total. The zero-order valence-corrected chi connectivity index (χ0v) is 18.3. The maximum atomic E-state index is 4.77. The van der Waals surface area contributed by atoms with E-state index in [1.165, 1.54) is 53.9 Å². The smallest absolute Gasteiger partial charge is 0.0880 e. The summed E-state index contributed by atoms with van der Waals surface area (Å²) < 4.78 is 1.27. The highest BCUT2D eigenvalue weighted by Crippen LogP contribution is 2.42. The van der Waals surface area contributed by atoms with Gasteiger partial charge in [0.05, 0.1) is 10.4 Å². The Balaban J connectivity index is 1.62. The topological polar surface area (TPSA) is 12.9 Å². The first-order valence-corrected chi connectivity index (χ1v) is 11.0. The molecule has 2 heteroatoms. The Morgan fingerprint density at radius 1 is 0.633 bits per heavy atom. The van der Waals surface area contributed by atoms with E-state index in [1.807, 2.05) is 17.5 Å². The van der Waals surface area contributed by atoms with E-state index in [4.69, 9.17) is 4.98 Å². The second-order valence-electron chi connectivity index (χ2n) is 7.91. The Kier molecular flexibility index (Phi) is 4.72. The van der Waals surface area contributed by atoms with Crippen LogP contribution >= 0.6 is 11.3 Å². The molecule has 146 valence electrons. The molecule has 0 fully saturated rings. The van der Waals surface area contributed by atoms with Gasteiger partial charge in [-0.25, -0.2) is 0 Å². The zero-order valence-electron chi connectivity index (χ0n) is 17.4. The summed E-state index contributed by atoms with van der Waals surface area (Å²) >= 11 is 1.85. The van der Waals surface area contributed by atoms with Crippen molar-refractivity contribution in [3.05, 3.63) is 102 Å². The van der Waals surface area contributed by atoms with Gasteiger partial charge in [-0.3, -0.25) is 4.98 Å². The first-order valence-electron chi connectivity index (χ1n) is 10.2. The van der Waals surface area contributed by atoms with Gasteiger partial charge in [0, 0.05) is 16.6 Å². The molecule has 0 aliphatic rings. The highest BCUT2D eigenvalue weighted by Gasteiger charge is 2.15. The number of rotatable bonds is 3. The zero-order chi connectivity index (χ0) is 20.7. The van der Waals surface area contributed by atoms with Crippen LogP contribution < -0.4 is 0 Å². The third-order valence-corrected chi connectivity index (χ3v) is 6.97. The normalized spacial score (nSPS) is 11.2. The maximum Gasteiger partial charge on any atom is 0.0880 e. The first kappa shape index (κ1) is 18.8. The van der Waals surface area contributed by atoms with Gasteiger partial charge in [0.15, 0.2) is 0 Å². The van der Waals surface area contributed by atoms with E-state index in [9.17, 15) is 0 Å². The van der Waals surface area contributed by atoms with Gasteiger partial charge in [-0.2, -0.15) is 0 Å². The molecule has 0 saturated carbocycles. The molecule has 3 aromatic carbocycles. The Morgan fingerprint density at radius 3 is 1.97 bits per heavy atom. The number of benzene rings is 3. The molecule has 5 aromatic rings. The van der Waals surface area contributed by atoms with Gasteiger partial charge in [-0.15, -0.1) is 11.3 Å². The molecule has 0 aliphatic heterocycles. The quantitative estimate of drug-likeness (QED) is 0.295. The second kappa shape index (κ2) is 7.55. The molecule has 0 atom stereocenters. The van der Waals surface area contributed by atoms with Crippen LogP contribution in [0, 0.1) is 20.8 Å². The number of hydrogen-bond acceptors (Lipinski definition) is 2. The summed E-state index contributed by atoms with van der Waals surface area (Å²) in [4.78, 5) is 6.09. The average molecular weight is 406 g/mol. The third kappa shape index (κ3) is 3.34. The minimum absolute atomic E-state index is 1.08. The molecule has 5 rings (SSSR count). The number of pyridine rings is 1. The highest BCUT2D eigenvalue weighted by molar-refractivity contribution is 7.23. The standard InChI is InChI=1S/C28H23NS/c1-18-15-19(2)17-24(16-18)26-28-25(13-14-29-26)20(3)27(30-28)23-11-9-22(10-12-23)21-7-5-4-6-8-21/h4-17H,1-3H3. The molecule has 1 nitrogen and oxygen atoms in total. The molecule has 0 bridgehead atoms. The van der Waals surface area contributed by atoms with Gasteiger partial charge in [0.25, 0.3) is 0 Å². The summed E-state index contributed by atoms with van der Waals surface area (Å²) in [6.45, 7) is 6.52. The van der Waals surface area contributed by atoms with E-state index in [0.29, 0.717) is 0 Å². The van der Waals surface area contributed by atoms with E-state index < -0.39 is 0 Å². The van der Waals surface area contributed by atoms with Crippen molar-refractivity contribution in [1.29, 1.82) is 0 Å². The molecule has 0 amide bonds. The van der Waals surface area contributed by atoms with Crippen LogP contribution in [0.1, 0.15) is 16.7 Å². The lowest BCUT2D eigenvalue weighted by Crippen LogP contribution is -1.86. The Morgan fingerprint density at radius 2 is 1.27 bits per heavy atom. The molecular weight excluding hydrogens is 382 g/mol. The fourth-order valence-corrected chi connectivity index (χ4v) is 5.50. The number of nitrogens with zero attached hydrogens (tertiary/aromatic N) is 1. The number of aromatic nitrogens is 1. The van der Waals surface area contributed by atoms with E-state index >= 15 is 0 Å². The van der Waals surface area contributed by atoms with E-state index in [0.717, 1.165) is 5.69 Å². The molecule has 0 aliphatic carbocycles. The molecule has 0 unspecified atom stereocenters. The summed E-state index contributed by atoms with van der Waals surface area (Å²) in [6.07, 6.45) is 1.94. The summed E-state index contributed by atoms with van der Waals surface area (Å²) in [5.74, 6) is 0. The monoisotopic (exact) mass is 405 g/mol. The van der Waals surface area contributed by atoms with Crippen LogP contribution in [0.3, 0.4) is 0 Å². The molecular formula is C28H23NS. The molecule has 30 heavy (non-hydrogen) atoms. The average Bonchev–Trinajstić information content (AvgIpc) is 3.10. The minimum atomic E-state index is 1.08. The number of thiophene rings is 1. The number of aryl methyl sites for hydroxylation is 3. The van der Waals surface area contributed by atoms with Crippen LogP contribution in [-0.2, 0) is 0 Å². The predicted molar refractivity (Wildman–Crippen MR) is 130 cm³/mol. The fourth-order valence-electron chi connectivity index (χ4n) is 4.18. The lowest BCUT2D eigenvalue weighted by Gasteiger charge is -2.05. The maximum absolute atomic E-state index is 4.77. The third-order valence-electron chi connectivity index (χ3n) is 5.60.